The first-order valence-corrected chi connectivity index (χ1v) is 5.20. The molecule has 0 amide bonds. The van der Waals surface area contributed by atoms with Crippen molar-refractivity contribution in [3.05, 3.63) is 41.0 Å². The predicted octanol–water partition coefficient (Wildman–Crippen LogP) is 3.62. The van der Waals surface area contributed by atoms with Gasteiger partial charge in [-0.1, -0.05) is 18.2 Å². The molecule has 2 aromatic carbocycles. The van der Waals surface area contributed by atoms with Gasteiger partial charge >= 0.3 is 0 Å². The number of hydrogen-bond donors (Lipinski definition) is 0. The summed E-state index contributed by atoms with van der Waals surface area (Å²) in [5.74, 6) is 0.637. The summed E-state index contributed by atoms with van der Waals surface area (Å²) in [6, 6.07) is 8.04. The van der Waals surface area contributed by atoms with Crippen LogP contribution in [0.3, 0.4) is 0 Å². The number of rotatable bonds is 1. The third-order valence-corrected chi connectivity index (χ3v) is 3.12. The third-order valence-electron chi connectivity index (χ3n) is 3.12. The van der Waals surface area contributed by atoms with Crippen LogP contribution in [-0.4, -0.2) is 0 Å². The highest BCUT2D eigenvalue weighted by Gasteiger charge is 2.07. The molecule has 0 aliphatic carbocycles. The molecule has 16 heavy (non-hydrogen) atoms. The lowest BCUT2D eigenvalue weighted by Gasteiger charge is -2.10. The van der Waals surface area contributed by atoms with E-state index in [9.17, 15) is 0 Å². The van der Waals surface area contributed by atoms with E-state index in [4.69, 9.17) is 10.00 Å². The molecule has 0 saturated carbocycles. The zero-order valence-corrected chi connectivity index (χ0v) is 9.66. The SMILES string of the molecule is Cc1ccc2c(C)c(OC#N)ccc2c1C. The van der Waals surface area contributed by atoms with Crippen molar-refractivity contribution in [3.63, 3.8) is 0 Å². The zero-order chi connectivity index (χ0) is 11.7. The van der Waals surface area contributed by atoms with Gasteiger partial charge in [-0.25, -0.2) is 0 Å². The van der Waals surface area contributed by atoms with Crippen LogP contribution in [-0.2, 0) is 0 Å². The molecule has 0 fully saturated rings. The highest BCUT2D eigenvalue weighted by atomic mass is 16.5. The molecule has 0 unspecified atom stereocenters. The molecule has 0 bridgehead atoms. The van der Waals surface area contributed by atoms with E-state index in [-0.39, 0.29) is 0 Å². The summed E-state index contributed by atoms with van der Waals surface area (Å²) in [6.07, 6.45) is 1.72. The Balaban J connectivity index is 2.78. The normalized spacial score (nSPS) is 10.1. The van der Waals surface area contributed by atoms with Crippen LogP contribution >= 0.6 is 0 Å². The van der Waals surface area contributed by atoms with Crippen LogP contribution in [0.4, 0.5) is 0 Å². The number of ether oxygens (including phenoxy) is 1. The van der Waals surface area contributed by atoms with Crippen molar-refractivity contribution < 1.29 is 4.74 Å². The van der Waals surface area contributed by atoms with Crippen LogP contribution in [0, 0.1) is 32.3 Å². The van der Waals surface area contributed by atoms with Crippen molar-refractivity contribution in [1.82, 2.24) is 0 Å². The first-order valence-electron chi connectivity index (χ1n) is 5.20. The Kier molecular flexibility index (Phi) is 2.54. The van der Waals surface area contributed by atoms with Gasteiger partial charge < -0.3 is 4.74 Å². The van der Waals surface area contributed by atoms with Crippen molar-refractivity contribution >= 4 is 10.8 Å². The van der Waals surface area contributed by atoms with Crippen LogP contribution < -0.4 is 4.74 Å². The molecule has 2 aromatic rings. The molecule has 0 spiro atoms. The molecule has 0 heterocycles. The minimum Gasteiger partial charge on any atom is -0.388 e. The van der Waals surface area contributed by atoms with Gasteiger partial charge in [0.25, 0.3) is 6.26 Å². The lowest BCUT2D eigenvalue weighted by atomic mass is 9.97. The monoisotopic (exact) mass is 211 g/mol. The third kappa shape index (κ3) is 1.51. The maximum Gasteiger partial charge on any atom is 0.292 e. The largest absolute Gasteiger partial charge is 0.388 e. The second kappa shape index (κ2) is 3.86. The maximum absolute atomic E-state index is 8.54. The summed E-state index contributed by atoms with van der Waals surface area (Å²) in [6.45, 7) is 6.19. The molecule has 2 nitrogen and oxygen atoms in total. The van der Waals surface area contributed by atoms with Crippen molar-refractivity contribution in [2.24, 2.45) is 0 Å². The summed E-state index contributed by atoms with van der Waals surface area (Å²) in [7, 11) is 0. The lowest BCUT2D eigenvalue weighted by Crippen LogP contribution is -1.90. The summed E-state index contributed by atoms with van der Waals surface area (Å²) in [5, 5.41) is 10.9. The molecule has 0 saturated heterocycles. The molecule has 0 aliphatic rings. The number of nitriles is 1. The second-order valence-corrected chi connectivity index (χ2v) is 3.98. The topological polar surface area (TPSA) is 33.0 Å². The molecule has 0 radical (unpaired) electrons. The Bertz CT molecular complexity index is 594. The van der Waals surface area contributed by atoms with Gasteiger partial charge in [0.1, 0.15) is 5.75 Å². The van der Waals surface area contributed by atoms with E-state index in [0.29, 0.717) is 5.75 Å². The Morgan fingerprint density at radius 1 is 0.938 bits per heavy atom. The van der Waals surface area contributed by atoms with Gasteiger partial charge in [-0.05, 0) is 48.7 Å². The second-order valence-electron chi connectivity index (χ2n) is 3.98. The van der Waals surface area contributed by atoms with E-state index in [1.807, 2.05) is 19.1 Å². The minimum absolute atomic E-state index is 0.637. The average molecular weight is 211 g/mol. The molecule has 0 atom stereocenters. The standard InChI is InChI=1S/C14H13NO/c1-9-4-5-13-11(3)14(16-8-15)7-6-12(13)10(9)2/h4-7H,1-3H3. The van der Waals surface area contributed by atoms with Crippen molar-refractivity contribution in [2.45, 2.75) is 20.8 Å². The van der Waals surface area contributed by atoms with E-state index in [0.717, 1.165) is 10.9 Å². The smallest absolute Gasteiger partial charge is 0.292 e. The summed E-state index contributed by atoms with van der Waals surface area (Å²) in [4.78, 5) is 0. The fraction of sp³-hybridized carbons (Fsp3) is 0.214. The molecule has 0 aromatic heterocycles. The van der Waals surface area contributed by atoms with Crippen LogP contribution in [0.2, 0.25) is 0 Å². The van der Waals surface area contributed by atoms with Crippen LogP contribution in [0.1, 0.15) is 16.7 Å². The van der Waals surface area contributed by atoms with Crippen molar-refractivity contribution in [1.29, 1.82) is 5.26 Å². The quantitative estimate of drug-likeness (QED) is 0.675. The first kappa shape index (κ1) is 10.5. The van der Waals surface area contributed by atoms with Crippen LogP contribution in [0.5, 0.6) is 5.75 Å². The molecule has 2 rings (SSSR count). The number of hydrogen-bond acceptors (Lipinski definition) is 2. The molecule has 2 heteroatoms. The van der Waals surface area contributed by atoms with E-state index >= 15 is 0 Å². The summed E-state index contributed by atoms with van der Waals surface area (Å²) in [5.41, 5.74) is 3.58. The highest BCUT2D eigenvalue weighted by Crippen LogP contribution is 2.30. The van der Waals surface area contributed by atoms with Gasteiger partial charge in [0.2, 0.25) is 0 Å². The van der Waals surface area contributed by atoms with E-state index < -0.39 is 0 Å². The van der Waals surface area contributed by atoms with Crippen LogP contribution in [0.25, 0.3) is 10.8 Å². The Morgan fingerprint density at radius 3 is 2.25 bits per heavy atom. The fourth-order valence-corrected chi connectivity index (χ4v) is 1.96. The van der Waals surface area contributed by atoms with Crippen molar-refractivity contribution in [3.8, 4) is 12.0 Å². The Hall–Kier alpha value is -2.01. The van der Waals surface area contributed by atoms with Gasteiger partial charge in [0, 0.05) is 5.56 Å². The lowest BCUT2D eigenvalue weighted by molar-refractivity contribution is 0.504. The number of fused-ring (bicyclic) bond motifs is 1. The number of nitrogens with zero attached hydrogens (tertiary/aromatic N) is 1. The molecule has 0 aliphatic heterocycles. The highest BCUT2D eigenvalue weighted by molar-refractivity contribution is 5.90. The predicted molar refractivity (Wildman–Crippen MR) is 64.4 cm³/mol. The zero-order valence-electron chi connectivity index (χ0n) is 9.66. The van der Waals surface area contributed by atoms with E-state index in [1.54, 1.807) is 6.26 Å². The minimum atomic E-state index is 0.637. The fourth-order valence-electron chi connectivity index (χ4n) is 1.96. The average Bonchev–Trinajstić information content (AvgIpc) is 2.28. The summed E-state index contributed by atoms with van der Waals surface area (Å²) < 4.78 is 4.92. The Labute approximate surface area is 95.1 Å². The first-order chi connectivity index (χ1) is 7.65. The van der Waals surface area contributed by atoms with E-state index in [2.05, 4.69) is 26.0 Å². The molecular formula is C14H13NO. The number of benzene rings is 2. The maximum atomic E-state index is 8.54. The Morgan fingerprint density at radius 2 is 1.56 bits per heavy atom. The van der Waals surface area contributed by atoms with Gasteiger partial charge in [-0.2, -0.15) is 0 Å². The molecule has 80 valence electrons. The van der Waals surface area contributed by atoms with Crippen molar-refractivity contribution in [2.75, 3.05) is 0 Å². The molecule has 0 N–H and O–H groups in total. The van der Waals surface area contributed by atoms with Gasteiger partial charge in [0.15, 0.2) is 0 Å². The van der Waals surface area contributed by atoms with Gasteiger partial charge in [-0.15, -0.1) is 5.26 Å². The summed E-state index contributed by atoms with van der Waals surface area (Å²) >= 11 is 0. The molecular weight excluding hydrogens is 198 g/mol. The van der Waals surface area contributed by atoms with E-state index in [1.165, 1.54) is 16.5 Å². The number of aryl methyl sites for hydroxylation is 3. The van der Waals surface area contributed by atoms with Crippen LogP contribution in [0.15, 0.2) is 24.3 Å². The van der Waals surface area contributed by atoms with Gasteiger partial charge in [-0.3, -0.25) is 0 Å². The van der Waals surface area contributed by atoms with Gasteiger partial charge in [0.05, 0.1) is 0 Å².